The van der Waals surface area contributed by atoms with Crippen LogP contribution < -0.4 is 0 Å². The molecule has 28 valence electrons. The molecule has 0 bridgehead atoms. The van der Waals surface area contributed by atoms with Crippen LogP contribution in [0.1, 0.15) is 0 Å². The van der Waals surface area contributed by atoms with E-state index in [0.29, 0.717) is 0 Å². The van der Waals surface area contributed by atoms with Gasteiger partial charge in [0.05, 0.1) is 10.6 Å². The van der Waals surface area contributed by atoms with Crippen molar-refractivity contribution < 1.29 is 0 Å². The van der Waals surface area contributed by atoms with Crippen LogP contribution >= 0.6 is 23.7 Å². The first-order chi connectivity index (χ1) is 2.50. The van der Waals surface area contributed by atoms with E-state index >= 15 is 0 Å². The second-order valence-electron chi connectivity index (χ2n) is 0.624. The lowest BCUT2D eigenvalue weighted by Crippen LogP contribution is -1.46. The van der Waals surface area contributed by atoms with E-state index in [1.807, 2.05) is 5.55 Å². The zero-order valence-electron chi connectivity index (χ0n) is 2.55. The smallest absolute Gasteiger partial charge is 0.0689 e. The van der Waals surface area contributed by atoms with E-state index in [0.717, 1.165) is 5.08 Å². The molecule has 1 nitrogen and oxygen atoms in total. The van der Waals surface area contributed by atoms with Crippen molar-refractivity contribution in [2.75, 3.05) is 5.08 Å². The van der Waals surface area contributed by atoms with E-state index < -0.39 is 0 Å². The summed E-state index contributed by atoms with van der Waals surface area (Å²) in [5.74, 6) is 0. The largest absolute Gasteiger partial charge is 0.217 e. The first-order valence-electron chi connectivity index (χ1n) is 1.25. The predicted octanol–water partition coefficient (Wildman–Crippen LogP) is 1.37. The maximum absolute atomic E-state index is 3.84. The van der Waals surface area contributed by atoms with Crippen LogP contribution in [0.3, 0.4) is 0 Å². The highest BCUT2D eigenvalue weighted by atomic mass is 32.2. The molecule has 0 aromatic heterocycles. The molecule has 0 aliphatic carbocycles. The predicted molar refractivity (Wildman–Crippen MR) is 28.5 cm³/mol. The molecule has 5 heavy (non-hydrogen) atoms. The van der Waals surface area contributed by atoms with Gasteiger partial charge in [0, 0.05) is 0 Å². The minimum atomic E-state index is 1.11. The summed E-state index contributed by atoms with van der Waals surface area (Å²) < 4.78 is 3.84. The van der Waals surface area contributed by atoms with Gasteiger partial charge in [0.25, 0.3) is 0 Å². The molecule has 0 radical (unpaired) electrons. The SMILES string of the molecule is C1=NSCS1. The summed E-state index contributed by atoms with van der Waals surface area (Å²) in [5.41, 5.74) is 1.87. The van der Waals surface area contributed by atoms with E-state index in [-0.39, 0.29) is 0 Å². The van der Waals surface area contributed by atoms with Crippen molar-refractivity contribution >= 4 is 29.3 Å². The van der Waals surface area contributed by atoms with Gasteiger partial charge in [-0.2, -0.15) is 0 Å². The Kier molecular flexibility index (Phi) is 1.22. The molecule has 1 aliphatic heterocycles. The Hall–Kier alpha value is 0.370. The van der Waals surface area contributed by atoms with Gasteiger partial charge in [0.2, 0.25) is 0 Å². The van der Waals surface area contributed by atoms with Crippen LogP contribution in [0.25, 0.3) is 0 Å². The van der Waals surface area contributed by atoms with E-state index in [9.17, 15) is 0 Å². The number of thioether (sulfide) groups is 1. The molecular weight excluding hydrogens is 102 g/mol. The Morgan fingerprint density at radius 2 is 2.80 bits per heavy atom. The molecule has 1 aliphatic rings. The Bertz CT molecular complexity index is 45.6. The van der Waals surface area contributed by atoms with Gasteiger partial charge in [-0.05, 0) is 11.9 Å². The van der Waals surface area contributed by atoms with E-state index in [2.05, 4.69) is 4.40 Å². The molecule has 0 spiro atoms. The summed E-state index contributed by atoms with van der Waals surface area (Å²) in [6.45, 7) is 0. The summed E-state index contributed by atoms with van der Waals surface area (Å²) in [5, 5.41) is 1.11. The van der Waals surface area contributed by atoms with Crippen LogP contribution in [0.2, 0.25) is 0 Å². The Balaban J connectivity index is 2.32. The quantitative estimate of drug-likeness (QED) is 0.431. The van der Waals surface area contributed by atoms with E-state index in [1.54, 1.807) is 23.7 Å². The third-order valence-corrected chi connectivity index (χ3v) is 1.92. The van der Waals surface area contributed by atoms with Gasteiger partial charge in [-0.3, -0.25) is 0 Å². The topological polar surface area (TPSA) is 12.4 Å². The zero-order valence-corrected chi connectivity index (χ0v) is 4.18. The third kappa shape index (κ3) is 0.851. The first-order valence-corrected chi connectivity index (χ1v) is 3.25. The van der Waals surface area contributed by atoms with Gasteiger partial charge in [-0.1, -0.05) is 0 Å². The molecule has 0 unspecified atom stereocenters. The first kappa shape index (κ1) is 3.56. The van der Waals surface area contributed by atoms with Crippen molar-refractivity contribution in [1.29, 1.82) is 0 Å². The summed E-state index contributed by atoms with van der Waals surface area (Å²) in [6.07, 6.45) is 0. The Morgan fingerprint density at radius 1 is 1.80 bits per heavy atom. The van der Waals surface area contributed by atoms with Crippen LogP contribution in [0.15, 0.2) is 4.40 Å². The van der Waals surface area contributed by atoms with Crippen LogP contribution in [-0.4, -0.2) is 10.6 Å². The highest BCUT2D eigenvalue weighted by molar-refractivity contribution is 8.25. The maximum atomic E-state index is 3.84. The summed E-state index contributed by atoms with van der Waals surface area (Å²) in [4.78, 5) is 0. The zero-order chi connectivity index (χ0) is 3.54. The lowest BCUT2D eigenvalue weighted by atomic mass is 11.7. The lowest BCUT2D eigenvalue weighted by molar-refractivity contribution is 2.02. The monoisotopic (exact) mass is 105 g/mol. The van der Waals surface area contributed by atoms with E-state index in [1.165, 1.54) is 0 Å². The van der Waals surface area contributed by atoms with Crippen molar-refractivity contribution in [2.45, 2.75) is 0 Å². The average Bonchev–Trinajstić information content (AvgIpc) is 1.76. The molecule has 0 atom stereocenters. The Labute approximate surface area is 39.4 Å². The second kappa shape index (κ2) is 1.72. The minimum Gasteiger partial charge on any atom is -0.217 e. The molecular formula is C2H3NS2. The number of rotatable bonds is 0. The van der Waals surface area contributed by atoms with Crippen molar-refractivity contribution in [2.24, 2.45) is 4.40 Å². The molecule has 0 aromatic rings. The molecule has 1 rings (SSSR count). The van der Waals surface area contributed by atoms with Crippen molar-refractivity contribution in [3.05, 3.63) is 0 Å². The number of hydrogen-bond acceptors (Lipinski definition) is 3. The molecule has 0 amide bonds. The van der Waals surface area contributed by atoms with E-state index in [4.69, 9.17) is 0 Å². The van der Waals surface area contributed by atoms with Crippen molar-refractivity contribution in [1.82, 2.24) is 0 Å². The molecule has 1 heterocycles. The molecule has 3 heteroatoms. The van der Waals surface area contributed by atoms with Crippen molar-refractivity contribution in [3.63, 3.8) is 0 Å². The molecule has 0 N–H and O–H groups in total. The normalized spacial score (nSPS) is 20.8. The average molecular weight is 105 g/mol. The third-order valence-electron chi connectivity index (χ3n) is 0.313. The second-order valence-corrected chi connectivity index (χ2v) is 2.58. The number of nitrogens with zero attached hydrogens (tertiary/aromatic N) is 1. The fourth-order valence-corrected chi connectivity index (χ4v) is 1.37. The van der Waals surface area contributed by atoms with Gasteiger partial charge in [0.15, 0.2) is 0 Å². The van der Waals surface area contributed by atoms with Crippen LogP contribution in [0, 0.1) is 0 Å². The molecule has 0 saturated carbocycles. The van der Waals surface area contributed by atoms with Gasteiger partial charge < -0.3 is 0 Å². The van der Waals surface area contributed by atoms with Gasteiger partial charge in [-0.15, -0.1) is 11.8 Å². The lowest BCUT2D eigenvalue weighted by Gasteiger charge is -1.66. The summed E-state index contributed by atoms with van der Waals surface area (Å²) >= 11 is 3.35. The summed E-state index contributed by atoms with van der Waals surface area (Å²) in [7, 11) is 0. The van der Waals surface area contributed by atoms with Gasteiger partial charge >= 0.3 is 0 Å². The van der Waals surface area contributed by atoms with Gasteiger partial charge in [-0.25, -0.2) is 4.40 Å². The Morgan fingerprint density at radius 3 is 3.00 bits per heavy atom. The van der Waals surface area contributed by atoms with Crippen molar-refractivity contribution in [3.8, 4) is 0 Å². The maximum Gasteiger partial charge on any atom is 0.0689 e. The molecule has 0 aromatic carbocycles. The fourth-order valence-electron chi connectivity index (χ4n) is 0.152. The number of hydrogen-bond donors (Lipinski definition) is 0. The highest BCUT2D eigenvalue weighted by Crippen LogP contribution is 2.17. The highest BCUT2D eigenvalue weighted by Gasteiger charge is 1.87. The van der Waals surface area contributed by atoms with Gasteiger partial charge in [0.1, 0.15) is 0 Å². The minimum absolute atomic E-state index is 1.11. The van der Waals surface area contributed by atoms with Crippen LogP contribution in [-0.2, 0) is 0 Å². The summed E-state index contributed by atoms with van der Waals surface area (Å²) in [6, 6.07) is 0. The standard InChI is InChI=1S/C2H3NS2/c1-3-5-2-4-1/h1H,2H2. The van der Waals surface area contributed by atoms with Crippen LogP contribution in [0.4, 0.5) is 0 Å². The molecule has 0 saturated heterocycles. The fraction of sp³-hybridized carbons (Fsp3) is 0.500. The molecule has 0 fully saturated rings. The van der Waals surface area contributed by atoms with Crippen LogP contribution in [0.5, 0.6) is 0 Å².